The first-order valence-electron chi connectivity index (χ1n) is 5.98. The fourth-order valence-corrected chi connectivity index (χ4v) is 1.81. The average molecular weight is 307 g/mol. The number of anilines is 1. The molecular formula is C14H11ClN2O4. The molecule has 0 radical (unpaired) electrons. The summed E-state index contributed by atoms with van der Waals surface area (Å²) in [6, 6.07) is 12.6. The molecule has 2 aromatic carbocycles. The number of hydrogen-bond donors (Lipinski definition) is 1. The summed E-state index contributed by atoms with van der Waals surface area (Å²) in [5, 5.41) is 13.8. The van der Waals surface area contributed by atoms with E-state index in [9.17, 15) is 14.9 Å². The van der Waals surface area contributed by atoms with Crippen molar-refractivity contribution < 1.29 is 14.5 Å². The van der Waals surface area contributed by atoms with E-state index < -0.39 is 10.8 Å². The summed E-state index contributed by atoms with van der Waals surface area (Å²) in [4.78, 5) is 22.0. The molecule has 21 heavy (non-hydrogen) atoms. The van der Waals surface area contributed by atoms with Crippen molar-refractivity contribution in [2.75, 3.05) is 11.9 Å². The van der Waals surface area contributed by atoms with Crippen LogP contribution in [0.4, 0.5) is 11.4 Å². The molecule has 2 aromatic rings. The summed E-state index contributed by atoms with van der Waals surface area (Å²) in [6.07, 6.45) is 0. The lowest BCUT2D eigenvalue weighted by atomic mass is 10.3. The Kier molecular flexibility index (Phi) is 4.73. The minimum Gasteiger partial charge on any atom is -0.477 e. The Morgan fingerprint density at radius 1 is 1.19 bits per heavy atom. The van der Waals surface area contributed by atoms with Crippen LogP contribution in [0, 0.1) is 10.1 Å². The van der Waals surface area contributed by atoms with Crippen LogP contribution in [0.3, 0.4) is 0 Å². The second-order valence-corrected chi connectivity index (χ2v) is 4.45. The number of ether oxygens (including phenoxy) is 1. The smallest absolute Gasteiger partial charge is 0.310 e. The molecule has 6 nitrogen and oxygen atoms in total. The first-order valence-corrected chi connectivity index (χ1v) is 6.36. The molecule has 0 saturated carbocycles. The number of nitro groups is 1. The molecule has 0 aliphatic heterocycles. The molecule has 0 aliphatic carbocycles. The number of carbonyl (C=O) groups excluding carboxylic acids is 1. The number of benzene rings is 2. The lowest BCUT2D eigenvalue weighted by Crippen LogP contribution is -2.20. The molecule has 1 amide bonds. The Morgan fingerprint density at radius 3 is 2.57 bits per heavy atom. The number of halogens is 1. The summed E-state index contributed by atoms with van der Waals surface area (Å²) in [5.74, 6) is -0.418. The van der Waals surface area contributed by atoms with Crippen molar-refractivity contribution in [3.8, 4) is 5.75 Å². The monoisotopic (exact) mass is 306 g/mol. The van der Waals surface area contributed by atoms with Gasteiger partial charge in [0.05, 0.1) is 15.6 Å². The van der Waals surface area contributed by atoms with E-state index >= 15 is 0 Å². The van der Waals surface area contributed by atoms with Crippen LogP contribution < -0.4 is 10.1 Å². The Labute approximate surface area is 125 Å². The zero-order valence-corrected chi connectivity index (χ0v) is 11.5. The first-order chi connectivity index (χ1) is 10.1. The lowest BCUT2D eigenvalue weighted by molar-refractivity contribution is -0.385. The highest BCUT2D eigenvalue weighted by atomic mass is 35.5. The van der Waals surface area contributed by atoms with E-state index in [-0.39, 0.29) is 18.0 Å². The number of nitrogens with one attached hydrogen (secondary N) is 1. The molecule has 0 atom stereocenters. The minimum atomic E-state index is -0.568. The van der Waals surface area contributed by atoms with Crippen LogP contribution in [0.5, 0.6) is 5.75 Å². The third kappa shape index (κ3) is 3.93. The highest BCUT2D eigenvalue weighted by Gasteiger charge is 2.15. The van der Waals surface area contributed by atoms with E-state index in [2.05, 4.69) is 5.32 Å². The van der Waals surface area contributed by atoms with E-state index in [1.165, 1.54) is 18.2 Å². The SMILES string of the molecule is O=C(COc1ccccc1[N+](=O)[O-])Nc1ccccc1Cl. The van der Waals surface area contributed by atoms with Gasteiger partial charge in [-0.1, -0.05) is 35.9 Å². The standard InChI is InChI=1S/C14H11ClN2O4/c15-10-5-1-2-6-11(10)16-14(18)9-21-13-8-4-3-7-12(13)17(19)20/h1-8H,9H2,(H,16,18). The van der Waals surface area contributed by atoms with Crippen molar-refractivity contribution in [2.45, 2.75) is 0 Å². The van der Waals surface area contributed by atoms with Gasteiger partial charge in [-0.2, -0.15) is 0 Å². The number of carbonyl (C=O) groups is 1. The van der Waals surface area contributed by atoms with Gasteiger partial charge in [0.2, 0.25) is 0 Å². The molecule has 0 bridgehead atoms. The quantitative estimate of drug-likeness (QED) is 0.679. The Morgan fingerprint density at radius 2 is 1.86 bits per heavy atom. The van der Waals surface area contributed by atoms with Gasteiger partial charge in [0.15, 0.2) is 12.4 Å². The highest BCUT2D eigenvalue weighted by Crippen LogP contribution is 2.26. The van der Waals surface area contributed by atoms with Gasteiger partial charge >= 0.3 is 5.69 Å². The van der Waals surface area contributed by atoms with Crippen molar-refractivity contribution >= 4 is 28.9 Å². The van der Waals surface area contributed by atoms with Crippen molar-refractivity contribution in [1.29, 1.82) is 0 Å². The molecule has 0 fully saturated rings. The second-order valence-electron chi connectivity index (χ2n) is 4.04. The maximum Gasteiger partial charge on any atom is 0.310 e. The number of nitro benzene ring substituents is 1. The largest absolute Gasteiger partial charge is 0.477 e. The predicted molar refractivity (Wildman–Crippen MR) is 78.7 cm³/mol. The Hall–Kier alpha value is -2.60. The molecule has 0 saturated heterocycles. The van der Waals surface area contributed by atoms with Crippen molar-refractivity contribution in [1.82, 2.24) is 0 Å². The summed E-state index contributed by atoms with van der Waals surface area (Å²) >= 11 is 5.91. The molecule has 0 heterocycles. The van der Waals surface area contributed by atoms with Crippen LogP contribution in [0.15, 0.2) is 48.5 Å². The van der Waals surface area contributed by atoms with E-state index in [4.69, 9.17) is 16.3 Å². The fraction of sp³-hybridized carbons (Fsp3) is 0.0714. The van der Waals surface area contributed by atoms with Gasteiger partial charge in [-0.3, -0.25) is 14.9 Å². The summed E-state index contributed by atoms with van der Waals surface area (Å²) in [5.41, 5.74) is 0.262. The van der Waals surface area contributed by atoms with E-state index in [0.717, 1.165) is 0 Å². The van der Waals surface area contributed by atoms with E-state index in [0.29, 0.717) is 10.7 Å². The normalized spacial score (nSPS) is 9.95. The van der Waals surface area contributed by atoms with Crippen LogP contribution in [0.1, 0.15) is 0 Å². The maximum atomic E-state index is 11.8. The maximum absolute atomic E-state index is 11.8. The molecule has 1 N–H and O–H groups in total. The van der Waals surface area contributed by atoms with Gasteiger partial charge in [-0.05, 0) is 18.2 Å². The summed E-state index contributed by atoms with van der Waals surface area (Å²) in [6.45, 7) is -0.351. The van der Waals surface area contributed by atoms with Gasteiger partial charge in [0.25, 0.3) is 5.91 Å². The number of hydrogen-bond acceptors (Lipinski definition) is 4. The molecule has 2 rings (SSSR count). The van der Waals surface area contributed by atoms with Crippen LogP contribution in [0.2, 0.25) is 5.02 Å². The number of nitrogens with zero attached hydrogens (tertiary/aromatic N) is 1. The lowest BCUT2D eigenvalue weighted by Gasteiger charge is -2.08. The molecule has 108 valence electrons. The highest BCUT2D eigenvalue weighted by molar-refractivity contribution is 6.33. The van der Waals surface area contributed by atoms with Crippen LogP contribution in [0.25, 0.3) is 0 Å². The van der Waals surface area contributed by atoms with Gasteiger partial charge in [0, 0.05) is 6.07 Å². The number of para-hydroxylation sites is 3. The summed E-state index contributed by atoms with van der Waals surface area (Å²) < 4.78 is 5.18. The van der Waals surface area contributed by atoms with Crippen LogP contribution in [-0.4, -0.2) is 17.4 Å². The minimum absolute atomic E-state index is 0.0387. The van der Waals surface area contributed by atoms with E-state index in [1.807, 2.05) is 0 Å². The van der Waals surface area contributed by atoms with Crippen molar-refractivity contribution in [3.63, 3.8) is 0 Å². The third-order valence-corrected chi connectivity index (χ3v) is 2.90. The Balaban J connectivity index is 1.99. The molecule has 0 unspecified atom stereocenters. The average Bonchev–Trinajstić information content (AvgIpc) is 2.48. The molecule has 7 heteroatoms. The van der Waals surface area contributed by atoms with Gasteiger partial charge in [-0.15, -0.1) is 0 Å². The van der Waals surface area contributed by atoms with Gasteiger partial charge in [0.1, 0.15) is 0 Å². The van der Waals surface area contributed by atoms with Crippen molar-refractivity contribution in [2.24, 2.45) is 0 Å². The van der Waals surface area contributed by atoms with Gasteiger partial charge < -0.3 is 10.1 Å². The zero-order chi connectivity index (χ0) is 15.2. The van der Waals surface area contributed by atoms with Gasteiger partial charge in [-0.25, -0.2) is 0 Å². The second kappa shape index (κ2) is 6.71. The van der Waals surface area contributed by atoms with Crippen molar-refractivity contribution in [3.05, 3.63) is 63.7 Å². The Bertz CT molecular complexity index is 676. The van der Waals surface area contributed by atoms with Crippen LogP contribution >= 0.6 is 11.6 Å². The van der Waals surface area contributed by atoms with E-state index in [1.54, 1.807) is 30.3 Å². The molecule has 0 aliphatic rings. The number of rotatable bonds is 5. The van der Waals surface area contributed by atoms with Crippen LogP contribution in [-0.2, 0) is 4.79 Å². The third-order valence-electron chi connectivity index (χ3n) is 2.57. The molecule has 0 spiro atoms. The zero-order valence-electron chi connectivity index (χ0n) is 10.8. The fourth-order valence-electron chi connectivity index (χ4n) is 1.62. The summed E-state index contributed by atoms with van der Waals surface area (Å²) in [7, 11) is 0. The topological polar surface area (TPSA) is 81.5 Å². The molecular weight excluding hydrogens is 296 g/mol. The molecule has 0 aromatic heterocycles. The number of amides is 1. The first kappa shape index (κ1) is 14.8. The predicted octanol–water partition coefficient (Wildman–Crippen LogP) is 3.27.